The molecule has 0 fully saturated rings. The number of anilines is 1. The van der Waals surface area contributed by atoms with Crippen molar-refractivity contribution in [3.8, 4) is 6.07 Å². The minimum absolute atomic E-state index is 0.108. The lowest BCUT2D eigenvalue weighted by atomic mass is 10.3. The topological polar surface area (TPSA) is 87.9 Å². The van der Waals surface area contributed by atoms with Crippen LogP contribution in [0.3, 0.4) is 0 Å². The van der Waals surface area contributed by atoms with E-state index in [1.165, 1.54) is 6.20 Å². The number of rotatable bonds is 4. The average Bonchev–Trinajstić information content (AvgIpc) is 2.30. The fraction of sp³-hybridized carbons (Fsp3) is 0.273. The molecule has 0 aromatic carbocycles. The maximum absolute atomic E-state index is 11.3. The van der Waals surface area contributed by atoms with Crippen molar-refractivity contribution in [3.05, 3.63) is 29.9 Å². The Balaban J connectivity index is 2.75. The van der Waals surface area contributed by atoms with Crippen LogP contribution >= 0.6 is 0 Å². The fourth-order valence-corrected chi connectivity index (χ4v) is 1.03. The molecule has 0 radical (unpaired) electrons. The fourth-order valence-electron chi connectivity index (χ4n) is 1.03. The van der Waals surface area contributed by atoms with Crippen molar-refractivity contribution in [1.82, 2.24) is 9.97 Å². The van der Waals surface area contributed by atoms with Crippen molar-refractivity contribution in [2.24, 2.45) is 0 Å². The van der Waals surface area contributed by atoms with Gasteiger partial charge in [0.25, 0.3) is 0 Å². The molecule has 1 N–H and O–H groups in total. The minimum Gasteiger partial charge on any atom is -0.462 e. The number of aromatic nitrogens is 2. The first-order valence-corrected chi connectivity index (χ1v) is 5.01. The van der Waals surface area contributed by atoms with Crippen LogP contribution in [0.2, 0.25) is 0 Å². The highest BCUT2D eigenvalue weighted by Gasteiger charge is 2.09. The first-order chi connectivity index (χ1) is 8.17. The lowest BCUT2D eigenvalue weighted by molar-refractivity contribution is -0.138. The molecule has 0 spiro atoms. The largest absolute Gasteiger partial charge is 0.462 e. The highest BCUT2D eigenvalue weighted by Crippen LogP contribution is 2.03. The van der Waals surface area contributed by atoms with Crippen molar-refractivity contribution >= 4 is 11.8 Å². The van der Waals surface area contributed by atoms with Crippen molar-refractivity contribution in [2.75, 3.05) is 11.9 Å². The third-order valence-electron chi connectivity index (χ3n) is 1.76. The van der Waals surface area contributed by atoms with Crippen LogP contribution in [0, 0.1) is 18.3 Å². The van der Waals surface area contributed by atoms with Gasteiger partial charge in [0.15, 0.2) is 5.57 Å². The van der Waals surface area contributed by atoms with E-state index in [-0.39, 0.29) is 12.2 Å². The predicted octanol–water partition coefficient (Wildman–Crippen LogP) is 1.17. The molecule has 6 nitrogen and oxygen atoms in total. The molecule has 0 aliphatic rings. The monoisotopic (exact) mass is 232 g/mol. The molecule has 1 aromatic heterocycles. The number of ether oxygens (including phenoxy) is 1. The van der Waals surface area contributed by atoms with E-state index in [2.05, 4.69) is 15.3 Å². The van der Waals surface area contributed by atoms with Crippen LogP contribution in [-0.2, 0) is 9.53 Å². The molecule has 1 heterocycles. The van der Waals surface area contributed by atoms with Crippen LogP contribution in [0.1, 0.15) is 12.7 Å². The number of hydrogen-bond donors (Lipinski definition) is 1. The molecular formula is C11H12N4O2. The molecule has 0 aliphatic heterocycles. The Hall–Kier alpha value is -2.42. The van der Waals surface area contributed by atoms with Gasteiger partial charge in [-0.3, -0.25) is 0 Å². The highest BCUT2D eigenvalue weighted by molar-refractivity contribution is 5.93. The number of carbonyl (C=O) groups excluding carboxylic acids is 1. The molecule has 0 amide bonds. The van der Waals surface area contributed by atoms with Crippen LogP contribution in [0.25, 0.3) is 0 Å². The molecule has 6 heteroatoms. The molecule has 1 aromatic rings. The van der Waals surface area contributed by atoms with Crippen molar-refractivity contribution in [1.29, 1.82) is 5.26 Å². The van der Waals surface area contributed by atoms with E-state index in [1.54, 1.807) is 32.2 Å². The zero-order valence-electron chi connectivity index (χ0n) is 9.60. The van der Waals surface area contributed by atoms with Gasteiger partial charge in [-0.05, 0) is 19.9 Å². The van der Waals surface area contributed by atoms with E-state index < -0.39 is 5.97 Å². The Bertz CT molecular complexity index is 477. The van der Waals surface area contributed by atoms with Crippen LogP contribution in [0.15, 0.2) is 24.0 Å². The quantitative estimate of drug-likeness (QED) is 0.476. The van der Waals surface area contributed by atoms with Gasteiger partial charge in [-0.2, -0.15) is 5.26 Å². The second-order valence-corrected chi connectivity index (χ2v) is 3.02. The number of esters is 1. The third kappa shape index (κ3) is 3.91. The minimum atomic E-state index is -0.659. The van der Waals surface area contributed by atoms with E-state index in [9.17, 15) is 4.79 Å². The molecule has 88 valence electrons. The van der Waals surface area contributed by atoms with Gasteiger partial charge in [-0.1, -0.05) is 0 Å². The van der Waals surface area contributed by atoms with Gasteiger partial charge in [0.05, 0.1) is 6.61 Å². The number of aryl methyl sites for hydroxylation is 1. The number of carbonyl (C=O) groups is 1. The Kier molecular flexibility index (Phi) is 4.63. The SMILES string of the molecule is CCOC(=O)/C(C#N)=C/Nc1ccnc(C)n1. The van der Waals surface area contributed by atoms with Gasteiger partial charge in [0, 0.05) is 12.4 Å². The molecule has 1 rings (SSSR count). The van der Waals surface area contributed by atoms with Crippen LogP contribution < -0.4 is 5.32 Å². The van der Waals surface area contributed by atoms with Crippen LogP contribution in [0.5, 0.6) is 0 Å². The molecular weight excluding hydrogens is 220 g/mol. The second kappa shape index (κ2) is 6.23. The maximum Gasteiger partial charge on any atom is 0.350 e. The number of nitriles is 1. The molecule has 0 saturated heterocycles. The lowest BCUT2D eigenvalue weighted by Gasteiger charge is -2.02. The van der Waals surface area contributed by atoms with E-state index >= 15 is 0 Å². The molecule has 17 heavy (non-hydrogen) atoms. The summed E-state index contributed by atoms with van der Waals surface area (Å²) >= 11 is 0. The molecule has 0 atom stereocenters. The Morgan fingerprint density at radius 1 is 1.71 bits per heavy atom. The van der Waals surface area contributed by atoms with E-state index in [0.717, 1.165) is 0 Å². The van der Waals surface area contributed by atoms with Crippen LogP contribution in [0.4, 0.5) is 5.82 Å². The third-order valence-corrected chi connectivity index (χ3v) is 1.76. The first-order valence-electron chi connectivity index (χ1n) is 5.01. The molecule has 0 saturated carbocycles. The Labute approximate surface area is 99.0 Å². The zero-order valence-corrected chi connectivity index (χ0v) is 9.60. The van der Waals surface area contributed by atoms with E-state index in [0.29, 0.717) is 11.6 Å². The summed E-state index contributed by atoms with van der Waals surface area (Å²) in [6.07, 6.45) is 2.84. The summed E-state index contributed by atoms with van der Waals surface area (Å²) in [6, 6.07) is 3.38. The number of nitrogens with one attached hydrogen (secondary N) is 1. The highest BCUT2D eigenvalue weighted by atomic mass is 16.5. The summed E-state index contributed by atoms with van der Waals surface area (Å²) < 4.78 is 4.70. The summed E-state index contributed by atoms with van der Waals surface area (Å²) in [7, 11) is 0. The number of nitrogens with zero attached hydrogens (tertiary/aromatic N) is 3. The first kappa shape index (κ1) is 12.6. The average molecular weight is 232 g/mol. The summed E-state index contributed by atoms with van der Waals surface area (Å²) in [6.45, 7) is 3.64. The van der Waals surface area contributed by atoms with Gasteiger partial charge in [-0.25, -0.2) is 14.8 Å². The van der Waals surface area contributed by atoms with E-state index in [1.807, 2.05) is 0 Å². The molecule has 0 unspecified atom stereocenters. The predicted molar refractivity (Wildman–Crippen MR) is 60.7 cm³/mol. The summed E-state index contributed by atoms with van der Waals surface area (Å²) in [5.74, 6) is 0.445. The zero-order chi connectivity index (χ0) is 12.7. The number of hydrogen-bond acceptors (Lipinski definition) is 6. The second-order valence-electron chi connectivity index (χ2n) is 3.02. The van der Waals surface area contributed by atoms with Gasteiger partial charge >= 0.3 is 5.97 Å². The van der Waals surface area contributed by atoms with Crippen molar-refractivity contribution in [3.63, 3.8) is 0 Å². The summed E-state index contributed by atoms with van der Waals surface area (Å²) in [5, 5.41) is 11.5. The van der Waals surface area contributed by atoms with E-state index in [4.69, 9.17) is 10.00 Å². The summed E-state index contributed by atoms with van der Waals surface area (Å²) in [4.78, 5) is 19.3. The lowest BCUT2D eigenvalue weighted by Crippen LogP contribution is -2.08. The van der Waals surface area contributed by atoms with Gasteiger partial charge < -0.3 is 10.1 Å². The van der Waals surface area contributed by atoms with Crippen molar-refractivity contribution in [2.45, 2.75) is 13.8 Å². The van der Waals surface area contributed by atoms with Gasteiger partial charge in [0.1, 0.15) is 17.7 Å². The smallest absolute Gasteiger partial charge is 0.350 e. The standard InChI is InChI=1S/C11H12N4O2/c1-3-17-11(16)9(6-12)7-14-10-4-5-13-8(2)15-10/h4-5,7H,3H2,1-2H3,(H,13,14,15)/b9-7+. The summed E-state index contributed by atoms with van der Waals surface area (Å²) in [5.41, 5.74) is -0.108. The van der Waals surface area contributed by atoms with Crippen molar-refractivity contribution < 1.29 is 9.53 Å². The van der Waals surface area contributed by atoms with Crippen LogP contribution in [-0.4, -0.2) is 22.5 Å². The molecule has 0 bridgehead atoms. The normalized spacial score (nSPS) is 10.5. The Morgan fingerprint density at radius 3 is 3.06 bits per heavy atom. The molecule has 0 aliphatic carbocycles. The Morgan fingerprint density at radius 2 is 2.47 bits per heavy atom. The maximum atomic E-state index is 11.3. The van der Waals surface area contributed by atoms with Gasteiger partial charge in [-0.15, -0.1) is 0 Å². The van der Waals surface area contributed by atoms with Gasteiger partial charge in [0.2, 0.25) is 0 Å².